The van der Waals surface area contributed by atoms with Gasteiger partial charge in [0.1, 0.15) is 0 Å². The van der Waals surface area contributed by atoms with Crippen molar-refractivity contribution in [3.63, 3.8) is 0 Å². The van der Waals surface area contributed by atoms with E-state index in [9.17, 15) is 39.9 Å². The minimum absolute atomic E-state index is 0.170. The Labute approximate surface area is 217 Å². The van der Waals surface area contributed by atoms with Crippen molar-refractivity contribution in [2.75, 3.05) is 0 Å². The SMILES string of the molecule is O=C(NC(Cc1ccccc1)(c1cccc(C(F)(F)F)c1)c1cccc(C(F)(F)F)c1)c1ccc(F)c(F)c1. The van der Waals surface area contributed by atoms with E-state index in [0.29, 0.717) is 17.7 Å². The molecule has 0 heterocycles. The minimum atomic E-state index is -4.80. The lowest BCUT2D eigenvalue weighted by Crippen LogP contribution is -2.49. The smallest absolute Gasteiger partial charge is 0.338 e. The van der Waals surface area contributed by atoms with Gasteiger partial charge in [-0.25, -0.2) is 8.78 Å². The summed E-state index contributed by atoms with van der Waals surface area (Å²) in [6, 6.07) is 18.1. The van der Waals surface area contributed by atoms with E-state index in [1.165, 1.54) is 12.1 Å². The molecule has 0 saturated heterocycles. The van der Waals surface area contributed by atoms with Gasteiger partial charge in [-0.3, -0.25) is 4.79 Å². The molecular weight excluding hydrogens is 530 g/mol. The molecule has 0 bridgehead atoms. The molecule has 0 aromatic heterocycles. The Morgan fingerprint density at radius 1 is 0.590 bits per heavy atom. The summed E-state index contributed by atoms with van der Waals surface area (Å²) >= 11 is 0. The van der Waals surface area contributed by atoms with Crippen molar-refractivity contribution in [3.8, 4) is 0 Å². The van der Waals surface area contributed by atoms with Gasteiger partial charge in [-0.05, 0) is 59.2 Å². The molecule has 4 aromatic carbocycles. The van der Waals surface area contributed by atoms with Gasteiger partial charge in [0.15, 0.2) is 11.6 Å². The maximum Gasteiger partial charge on any atom is 0.416 e. The molecule has 0 aliphatic rings. The van der Waals surface area contributed by atoms with E-state index in [2.05, 4.69) is 5.32 Å². The van der Waals surface area contributed by atoms with Crippen LogP contribution >= 0.6 is 0 Å². The highest BCUT2D eigenvalue weighted by atomic mass is 19.4. The summed E-state index contributed by atoms with van der Waals surface area (Å²) in [4.78, 5) is 13.4. The lowest BCUT2D eigenvalue weighted by Gasteiger charge is -2.37. The Hall–Kier alpha value is -4.21. The predicted molar refractivity (Wildman–Crippen MR) is 128 cm³/mol. The maximum absolute atomic E-state index is 13.9. The summed E-state index contributed by atoms with van der Waals surface area (Å²) in [5.74, 6) is -3.63. The van der Waals surface area contributed by atoms with Gasteiger partial charge in [0, 0.05) is 12.0 Å². The number of hydrogen-bond acceptors (Lipinski definition) is 1. The maximum atomic E-state index is 13.9. The molecule has 0 spiro atoms. The van der Waals surface area contributed by atoms with Gasteiger partial charge < -0.3 is 5.32 Å². The van der Waals surface area contributed by atoms with Gasteiger partial charge in [0.2, 0.25) is 0 Å². The molecule has 0 saturated carbocycles. The molecular formula is C29H19F8NO. The average molecular weight is 549 g/mol. The van der Waals surface area contributed by atoms with Crippen LogP contribution in [0.15, 0.2) is 97.1 Å². The van der Waals surface area contributed by atoms with Crippen LogP contribution in [0, 0.1) is 11.6 Å². The second kappa shape index (κ2) is 10.5. The largest absolute Gasteiger partial charge is 0.416 e. The summed E-state index contributed by atoms with van der Waals surface area (Å²) in [5, 5.41) is 2.57. The molecule has 2 nitrogen and oxygen atoms in total. The second-order valence-corrected chi connectivity index (χ2v) is 8.81. The molecule has 0 aliphatic carbocycles. The molecule has 39 heavy (non-hydrogen) atoms. The number of nitrogens with one attached hydrogen (secondary N) is 1. The molecule has 1 N–H and O–H groups in total. The Balaban J connectivity index is 2.00. The molecule has 10 heteroatoms. The van der Waals surface area contributed by atoms with Crippen LogP contribution in [0.2, 0.25) is 0 Å². The van der Waals surface area contributed by atoms with Crippen LogP contribution in [-0.4, -0.2) is 5.91 Å². The lowest BCUT2D eigenvalue weighted by molar-refractivity contribution is -0.138. The second-order valence-electron chi connectivity index (χ2n) is 8.81. The standard InChI is InChI=1S/C29H19F8NO/c30-24-13-12-19(14-25(24)31)26(39)38-27(17-18-6-2-1-3-7-18,20-8-4-10-22(15-20)28(32,33)34)21-9-5-11-23(16-21)29(35,36)37/h1-16H,17H2,(H,38,39). The summed E-state index contributed by atoms with van der Waals surface area (Å²) in [6.07, 6.45) is -9.87. The van der Waals surface area contributed by atoms with Crippen molar-refractivity contribution in [1.82, 2.24) is 5.32 Å². The van der Waals surface area contributed by atoms with E-state index < -0.39 is 46.6 Å². The van der Waals surface area contributed by atoms with E-state index in [1.54, 1.807) is 30.3 Å². The Morgan fingerprint density at radius 3 is 1.59 bits per heavy atom. The van der Waals surface area contributed by atoms with Gasteiger partial charge in [0.05, 0.1) is 16.7 Å². The molecule has 4 aromatic rings. The van der Waals surface area contributed by atoms with E-state index in [4.69, 9.17) is 0 Å². The number of carbonyl (C=O) groups excluding carboxylic acids is 1. The van der Waals surface area contributed by atoms with Crippen molar-refractivity contribution in [2.24, 2.45) is 0 Å². The van der Waals surface area contributed by atoms with Gasteiger partial charge in [-0.2, -0.15) is 26.3 Å². The Morgan fingerprint density at radius 2 is 1.10 bits per heavy atom. The number of halogens is 8. The van der Waals surface area contributed by atoms with Gasteiger partial charge >= 0.3 is 12.4 Å². The molecule has 202 valence electrons. The number of hydrogen-bond donors (Lipinski definition) is 1. The normalized spacial score (nSPS) is 12.3. The lowest BCUT2D eigenvalue weighted by atomic mass is 9.76. The van der Waals surface area contributed by atoms with E-state index in [0.717, 1.165) is 42.5 Å². The van der Waals surface area contributed by atoms with Crippen molar-refractivity contribution in [2.45, 2.75) is 24.3 Å². The van der Waals surface area contributed by atoms with Gasteiger partial charge in [-0.15, -0.1) is 0 Å². The third kappa shape index (κ3) is 6.10. The van der Waals surface area contributed by atoms with Crippen LogP contribution < -0.4 is 5.32 Å². The van der Waals surface area contributed by atoms with Crippen LogP contribution in [0.5, 0.6) is 0 Å². The fourth-order valence-electron chi connectivity index (χ4n) is 4.29. The molecule has 0 atom stereocenters. The van der Waals surface area contributed by atoms with E-state index >= 15 is 0 Å². The number of carbonyl (C=O) groups is 1. The van der Waals surface area contributed by atoms with Crippen molar-refractivity contribution >= 4 is 5.91 Å². The summed E-state index contributed by atoms with van der Waals surface area (Å²) in [5.41, 5.74) is -4.43. The predicted octanol–water partition coefficient (Wildman–Crippen LogP) is 7.92. The fourth-order valence-corrected chi connectivity index (χ4v) is 4.29. The van der Waals surface area contributed by atoms with Crippen LogP contribution in [0.4, 0.5) is 35.1 Å². The van der Waals surface area contributed by atoms with Crippen LogP contribution in [0.3, 0.4) is 0 Å². The van der Waals surface area contributed by atoms with Crippen LogP contribution in [0.25, 0.3) is 0 Å². The summed E-state index contributed by atoms with van der Waals surface area (Å²) in [6.45, 7) is 0. The van der Waals surface area contributed by atoms with Crippen molar-refractivity contribution in [1.29, 1.82) is 0 Å². The quantitative estimate of drug-likeness (QED) is 0.243. The zero-order chi connectivity index (χ0) is 28.4. The van der Waals surface area contributed by atoms with Crippen molar-refractivity contribution in [3.05, 3.63) is 142 Å². The number of alkyl halides is 6. The molecule has 1 amide bonds. The average Bonchev–Trinajstić information content (AvgIpc) is 2.89. The third-order valence-electron chi connectivity index (χ3n) is 6.19. The van der Waals surface area contributed by atoms with Gasteiger partial charge in [-0.1, -0.05) is 54.6 Å². The highest BCUT2D eigenvalue weighted by molar-refractivity contribution is 5.95. The third-order valence-corrected chi connectivity index (χ3v) is 6.19. The molecule has 0 radical (unpaired) electrons. The Kier molecular flexibility index (Phi) is 7.50. The first-order chi connectivity index (χ1) is 18.3. The van der Waals surface area contributed by atoms with E-state index in [-0.39, 0.29) is 23.1 Å². The van der Waals surface area contributed by atoms with E-state index in [1.807, 2.05) is 0 Å². The molecule has 4 rings (SSSR count). The monoisotopic (exact) mass is 549 g/mol. The first-order valence-electron chi connectivity index (χ1n) is 11.5. The van der Waals surface area contributed by atoms with Crippen LogP contribution in [0.1, 0.15) is 38.2 Å². The summed E-state index contributed by atoms with van der Waals surface area (Å²) < 4.78 is 110. The first kappa shape index (κ1) is 27.8. The molecule has 0 aliphatic heterocycles. The number of rotatable bonds is 6. The Bertz CT molecular complexity index is 1420. The van der Waals surface area contributed by atoms with Crippen LogP contribution in [-0.2, 0) is 24.3 Å². The van der Waals surface area contributed by atoms with Gasteiger partial charge in [0.25, 0.3) is 5.91 Å². The summed E-state index contributed by atoms with van der Waals surface area (Å²) in [7, 11) is 0. The number of amides is 1. The molecule has 0 unspecified atom stereocenters. The highest BCUT2D eigenvalue weighted by Crippen LogP contribution is 2.40. The molecule has 0 fully saturated rings. The van der Waals surface area contributed by atoms with Crippen molar-refractivity contribution < 1.29 is 39.9 Å². The number of benzene rings is 4. The topological polar surface area (TPSA) is 29.1 Å². The highest BCUT2D eigenvalue weighted by Gasteiger charge is 2.41. The fraction of sp³-hybridized carbons (Fsp3) is 0.138. The first-order valence-corrected chi connectivity index (χ1v) is 11.5. The zero-order valence-electron chi connectivity index (χ0n) is 19.9. The zero-order valence-corrected chi connectivity index (χ0v) is 19.9. The minimum Gasteiger partial charge on any atom is -0.338 e.